The second-order valence-electron chi connectivity index (χ2n) is 4.88. The minimum atomic E-state index is -0.778. The van der Waals surface area contributed by atoms with Crippen LogP contribution in [0.3, 0.4) is 0 Å². The average Bonchev–Trinajstić information content (AvgIpc) is 3.02. The molecule has 0 spiro atoms. The summed E-state index contributed by atoms with van der Waals surface area (Å²) in [5.74, 6) is 0.991. The van der Waals surface area contributed by atoms with Gasteiger partial charge >= 0.3 is 0 Å². The minimum absolute atomic E-state index is 0.000128. The molecule has 1 aromatic heterocycles. The van der Waals surface area contributed by atoms with Crippen molar-refractivity contribution in [3.05, 3.63) is 18.2 Å². The Labute approximate surface area is 112 Å². The lowest BCUT2D eigenvalue weighted by atomic mass is 10.2. The number of carbonyl (C=O) groups excluding carboxylic acids is 1. The third kappa shape index (κ3) is 4.02. The Kier molecular flexibility index (Phi) is 4.90. The van der Waals surface area contributed by atoms with Gasteiger partial charge in [-0.2, -0.15) is 0 Å². The fourth-order valence-corrected chi connectivity index (χ4v) is 2.33. The molecule has 2 unspecified atom stereocenters. The second kappa shape index (κ2) is 6.65. The van der Waals surface area contributed by atoms with Crippen molar-refractivity contribution in [1.82, 2.24) is 20.2 Å². The van der Waals surface area contributed by atoms with Crippen LogP contribution < -0.4 is 10.6 Å². The van der Waals surface area contributed by atoms with E-state index in [0.29, 0.717) is 32.5 Å². The van der Waals surface area contributed by atoms with Gasteiger partial charge in [0.1, 0.15) is 12.0 Å². The number of hydrogen-bond acceptors (Lipinski definition) is 3. The van der Waals surface area contributed by atoms with Crippen LogP contribution in [-0.2, 0) is 17.8 Å². The molecule has 0 aliphatic carbocycles. The van der Waals surface area contributed by atoms with Crippen LogP contribution in [0.25, 0.3) is 0 Å². The van der Waals surface area contributed by atoms with Gasteiger partial charge in [0.25, 0.3) is 0 Å². The van der Waals surface area contributed by atoms with E-state index in [1.165, 1.54) is 0 Å². The van der Waals surface area contributed by atoms with Crippen molar-refractivity contribution in [3.63, 3.8) is 0 Å². The first-order valence-corrected chi connectivity index (χ1v) is 6.83. The van der Waals surface area contributed by atoms with Gasteiger partial charge in [-0.25, -0.2) is 9.37 Å². The third-order valence-corrected chi connectivity index (χ3v) is 3.41. The molecule has 0 radical (unpaired) electrons. The summed E-state index contributed by atoms with van der Waals surface area (Å²) in [5.41, 5.74) is 0. The van der Waals surface area contributed by atoms with Crippen LogP contribution in [0.15, 0.2) is 12.4 Å². The van der Waals surface area contributed by atoms with Crippen molar-refractivity contribution in [3.8, 4) is 0 Å². The summed E-state index contributed by atoms with van der Waals surface area (Å²) < 4.78 is 14.9. The fraction of sp³-hybridized carbons (Fsp3) is 0.692. The second-order valence-corrected chi connectivity index (χ2v) is 4.88. The van der Waals surface area contributed by atoms with Gasteiger partial charge in [0.05, 0.1) is 0 Å². The molecule has 1 amide bonds. The Morgan fingerprint density at radius 2 is 2.53 bits per heavy atom. The highest BCUT2D eigenvalue weighted by atomic mass is 19.1. The maximum Gasteiger partial charge on any atom is 0.221 e. The summed E-state index contributed by atoms with van der Waals surface area (Å²) in [6.07, 6.45) is 4.63. The minimum Gasteiger partial charge on any atom is -0.354 e. The third-order valence-electron chi connectivity index (χ3n) is 3.41. The van der Waals surface area contributed by atoms with Crippen LogP contribution in [0, 0.1) is 0 Å². The molecule has 1 aromatic rings. The fourth-order valence-electron chi connectivity index (χ4n) is 2.33. The zero-order chi connectivity index (χ0) is 13.7. The van der Waals surface area contributed by atoms with Crippen molar-refractivity contribution >= 4 is 5.91 Å². The lowest BCUT2D eigenvalue weighted by Gasteiger charge is -2.12. The van der Waals surface area contributed by atoms with E-state index in [0.717, 1.165) is 12.2 Å². The van der Waals surface area contributed by atoms with Crippen LogP contribution in [0.2, 0.25) is 0 Å². The van der Waals surface area contributed by atoms with Crippen LogP contribution >= 0.6 is 0 Å². The van der Waals surface area contributed by atoms with E-state index in [2.05, 4.69) is 15.6 Å². The molecule has 5 nitrogen and oxygen atoms in total. The van der Waals surface area contributed by atoms with Gasteiger partial charge in [-0.3, -0.25) is 4.79 Å². The molecule has 2 atom stereocenters. The highest BCUT2D eigenvalue weighted by Crippen LogP contribution is 2.08. The van der Waals surface area contributed by atoms with Crippen molar-refractivity contribution in [1.29, 1.82) is 0 Å². The highest BCUT2D eigenvalue weighted by Gasteiger charge is 2.23. The summed E-state index contributed by atoms with van der Waals surface area (Å²) in [5, 5.41) is 5.89. The van der Waals surface area contributed by atoms with Gasteiger partial charge in [0.2, 0.25) is 5.91 Å². The first-order chi connectivity index (χ1) is 9.19. The summed E-state index contributed by atoms with van der Waals surface area (Å²) in [6, 6.07) is 0.0680. The normalized spacial score (nSPS) is 22.6. The van der Waals surface area contributed by atoms with E-state index >= 15 is 0 Å². The van der Waals surface area contributed by atoms with E-state index in [1.54, 1.807) is 6.20 Å². The summed E-state index contributed by atoms with van der Waals surface area (Å²) >= 11 is 0. The number of alkyl halides is 1. The van der Waals surface area contributed by atoms with E-state index in [4.69, 9.17) is 0 Å². The van der Waals surface area contributed by atoms with Crippen molar-refractivity contribution < 1.29 is 9.18 Å². The summed E-state index contributed by atoms with van der Waals surface area (Å²) in [7, 11) is 0. The van der Waals surface area contributed by atoms with Gasteiger partial charge in [-0.05, 0) is 6.42 Å². The number of halogens is 1. The Bertz CT molecular complexity index is 421. The van der Waals surface area contributed by atoms with Crippen LogP contribution in [0.5, 0.6) is 0 Å². The molecule has 106 valence electrons. The van der Waals surface area contributed by atoms with Gasteiger partial charge in [-0.1, -0.05) is 6.92 Å². The summed E-state index contributed by atoms with van der Waals surface area (Å²) in [6.45, 7) is 3.58. The maximum atomic E-state index is 12.9. The Morgan fingerprint density at radius 1 is 1.68 bits per heavy atom. The van der Waals surface area contributed by atoms with Gasteiger partial charge in [0.15, 0.2) is 0 Å². The number of carbonyl (C=O) groups is 1. The van der Waals surface area contributed by atoms with Crippen molar-refractivity contribution in [2.75, 3.05) is 13.1 Å². The largest absolute Gasteiger partial charge is 0.354 e. The lowest BCUT2D eigenvalue weighted by molar-refractivity contribution is -0.121. The van der Waals surface area contributed by atoms with Crippen LogP contribution in [0.1, 0.15) is 25.6 Å². The first kappa shape index (κ1) is 14.0. The molecule has 0 saturated carbocycles. The predicted molar refractivity (Wildman–Crippen MR) is 70.5 cm³/mol. The number of amides is 1. The smallest absolute Gasteiger partial charge is 0.221 e. The molecule has 2 rings (SSSR count). The molecular weight excluding hydrogens is 247 g/mol. The molecule has 0 aromatic carbocycles. The van der Waals surface area contributed by atoms with Crippen molar-refractivity contribution in [2.45, 2.75) is 44.9 Å². The number of aromatic nitrogens is 2. The Hall–Kier alpha value is -1.43. The zero-order valence-electron chi connectivity index (χ0n) is 11.2. The molecule has 2 N–H and O–H groups in total. The molecule has 1 aliphatic rings. The number of imidazole rings is 1. The van der Waals surface area contributed by atoms with Gasteiger partial charge < -0.3 is 15.2 Å². The first-order valence-electron chi connectivity index (χ1n) is 6.83. The standard InChI is InChI=1S/C13H21FN4O/c1-2-12-15-4-6-18(12)5-3-13(19)17-9-11-7-10(14)8-16-11/h4,6,10-11,16H,2-3,5,7-9H2,1H3,(H,17,19). The highest BCUT2D eigenvalue weighted by molar-refractivity contribution is 5.75. The quantitative estimate of drug-likeness (QED) is 0.796. The molecule has 1 saturated heterocycles. The molecular formula is C13H21FN4O. The van der Waals surface area contributed by atoms with E-state index in [9.17, 15) is 9.18 Å². The zero-order valence-corrected chi connectivity index (χ0v) is 11.2. The maximum absolute atomic E-state index is 12.9. The van der Waals surface area contributed by atoms with Crippen molar-refractivity contribution in [2.24, 2.45) is 0 Å². The molecule has 1 fully saturated rings. The molecule has 0 bridgehead atoms. The van der Waals surface area contributed by atoms with Crippen LogP contribution in [-0.4, -0.2) is 40.8 Å². The lowest BCUT2D eigenvalue weighted by Crippen LogP contribution is -2.37. The predicted octanol–water partition coefficient (Wildman–Crippen LogP) is 0.652. The summed E-state index contributed by atoms with van der Waals surface area (Å²) in [4.78, 5) is 15.9. The molecule has 6 heteroatoms. The number of hydrogen-bond donors (Lipinski definition) is 2. The molecule has 1 aliphatic heterocycles. The van der Waals surface area contributed by atoms with Crippen LogP contribution in [0.4, 0.5) is 4.39 Å². The molecule has 2 heterocycles. The topological polar surface area (TPSA) is 59.0 Å². The average molecular weight is 268 g/mol. The Morgan fingerprint density at radius 3 is 3.21 bits per heavy atom. The number of nitrogens with zero attached hydrogens (tertiary/aromatic N) is 2. The SMILES string of the molecule is CCc1nccn1CCC(=O)NCC1CC(F)CN1. The van der Waals surface area contributed by atoms with Gasteiger partial charge in [0, 0.05) is 50.9 Å². The number of aryl methyl sites for hydroxylation is 2. The van der Waals surface area contributed by atoms with E-state index in [-0.39, 0.29) is 11.9 Å². The molecule has 19 heavy (non-hydrogen) atoms. The Balaban J connectivity index is 1.67. The van der Waals surface area contributed by atoms with E-state index in [1.807, 2.05) is 17.7 Å². The monoisotopic (exact) mass is 268 g/mol. The number of nitrogens with one attached hydrogen (secondary N) is 2. The number of rotatable bonds is 6. The van der Waals surface area contributed by atoms with E-state index < -0.39 is 6.17 Å². The van der Waals surface area contributed by atoms with Gasteiger partial charge in [-0.15, -0.1) is 0 Å².